The van der Waals surface area contributed by atoms with E-state index in [1.54, 1.807) is 0 Å². The molecule has 3 atom stereocenters. The van der Waals surface area contributed by atoms with Crippen LogP contribution in [0.5, 0.6) is 0 Å². The van der Waals surface area contributed by atoms with Crippen LogP contribution in [-0.4, -0.2) is 34.9 Å². The average molecular weight is 281 g/mol. The molecule has 0 radical (unpaired) electrons. The van der Waals surface area contributed by atoms with E-state index in [9.17, 15) is 4.79 Å². The molecule has 1 aromatic rings. The van der Waals surface area contributed by atoms with Crippen molar-refractivity contribution in [3.63, 3.8) is 0 Å². The molecule has 1 N–H and O–H groups in total. The molecule has 0 saturated carbocycles. The first-order valence-corrected chi connectivity index (χ1v) is 7.12. The molecule has 1 aromatic heterocycles. The number of nitrogens with one attached hydrogen (secondary N) is 1. The van der Waals surface area contributed by atoms with Crippen LogP contribution in [0.3, 0.4) is 0 Å². The van der Waals surface area contributed by atoms with Crippen molar-refractivity contribution in [2.45, 2.75) is 32.2 Å². The average Bonchev–Trinajstić information content (AvgIpc) is 3.12. The maximum absolute atomic E-state index is 12.1. The lowest BCUT2D eigenvalue weighted by Crippen LogP contribution is -2.28. The quantitative estimate of drug-likeness (QED) is 0.825. The summed E-state index contributed by atoms with van der Waals surface area (Å²) < 4.78 is 10.8. The van der Waals surface area contributed by atoms with Gasteiger partial charge in [-0.05, 0) is 13.3 Å². The van der Waals surface area contributed by atoms with Gasteiger partial charge in [-0.3, -0.25) is 4.79 Å². The van der Waals surface area contributed by atoms with Crippen LogP contribution in [0.15, 0.2) is 12.2 Å². The Morgan fingerprint density at radius 2 is 2.47 bits per heavy atom. The van der Waals surface area contributed by atoms with Gasteiger partial charge in [0, 0.05) is 6.61 Å². The second kappa shape index (κ2) is 5.36. The minimum Gasteiger partial charge on any atom is -0.374 e. The largest absolute Gasteiger partial charge is 0.374 e. The Hall–Kier alpha value is -1.31. The summed E-state index contributed by atoms with van der Waals surface area (Å²) >= 11 is 1.34. The SMILES string of the molecule is CCOCc1nnc(NC(=O)[C@H]2C[C@H]3C=C[C@H]2O3)s1. The van der Waals surface area contributed by atoms with Crippen LogP contribution in [0.4, 0.5) is 5.13 Å². The highest BCUT2D eigenvalue weighted by atomic mass is 32.1. The zero-order chi connectivity index (χ0) is 13.2. The van der Waals surface area contributed by atoms with Gasteiger partial charge in [-0.15, -0.1) is 10.2 Å². The predicted octanol–water partition coefficient (Wildman–Crippen LogP) is 1.36. The second-order valence-corrected chi connectivity index (χ2v) is 5.56. The van der Waals surface area contributed by atoms with Gasteiger partial charge in [0.15, 0.2) is 0 Å². The van der Waals surface area contributed by atoms with E-state index in [1.165, 1.54) is 11.3 Å². The van der Waals surface area contributed by atoms with Gasteiger partial charge in [-0.1, -0.05) is 23.5 Å². The maximum atomic E-state index is 12.1. The molecular formula is C12H15N3O3S. The monoisotopic (exact) mass is 281 g/mol. The van der Waals surface area contributed by atoms with Gasteiger partial charge < -0.3 is 14.8 Å². The molecular weight excluding hydrogens is 266 g/mol. The summed E-state index contributed by atoms with van der Waals surface area (Å²) in [6.45, 7) is 2.99. The molecule has 2 aliphatic rings. The van der Waals surface area contributed by atoms with Crippen LogP contribution in [0.2, 0.25) is 0 Å². The summed E-state index contributed by atoms with van der Waals surface area (Å²) in [5.74, 6) is -0.162. The van der Waals surface area contributed by atoms with E-state index in [0.29, 0.717) is 18.3 Å². The summed E-state index contributed by atoms with van der Waals surface area (Å²) in [4.78, 5) is 12.1. The van der Waals surface area contributed by atoms with Crippen LogP contribution in [0.25, 0.3) is 0 Å². The molecule has 1 amide bonds. The molecule has 19 heavy (non-hydrogen) atoms. The zero-order valence-electron chi connectivity index (χ0n) is 10.5. The van der Waals surface area contributed by atoms with Crippen molar-refractivity contribution in [2.75, 3.05) is 11.9 Å². The van der Waals surface area contributed by atoms with E-state index in [0.717, 1.165) is 11.4 Å². The molecule has 0 unspecified atom stereocenters. The van der Waals surface area contributed by atoms with E-state index in [-0.39, 0.29) is 24.0 Å². The number of rotatable bonds is 5. The van der Waals surface area contributed by atoms with Gasteiger partial charge >= 0.3 is 0 Å². The van der Waals surface area contributed by atoms with Gasteiger partial charge in [0.1, 0.15) is 11.6 Å². The van der Waals surface area contributed by atoms with Crippen molar-refractivity contribution >= 4 is 22.4 Å². The lowest BCUT2D eigenvalue weighted by atomic mass is 9.94. The highest BCUT2D eigenvalue weighted by molar-refractivity contribution is 7.15. The third kappa shape index (κ3) is 2.68. The first kappa shape index (κ1) is 12.7. The summed E-state index contributed by atoms with van der Waals surface area (Å²) in [5, 5.41) is 12.0. The number of carbonyl (C=O) groups is 1. The van der Waals surface area contributed by atoms with E-state index in [4.69, 9.17) is 9.47 Å². The van der Waals surface area contributed by atoms with Crippen molar-refractivity contribution in [1.82, 2.24) is 10.2 Å². The Bertz CT molecular complexity index is 502. The fourth-order valence-electron chi connectivity index (χ4n) is 2.28. The van der Waals surface area contributed by atoms with Crippen molar-refractivity contribution in [3.8, 4) is 0 Å². The predicted molar refractivity (Wildman–Crippen MR) is 69.8 cm³/mol. The molecule has 2 aliphatic heterocycles. The highest BCUT2D eigenvalue weighted by Crippen LogP contribution is 2.34. The van der Waals surface area contributed by atoms with E-state index < -0.39 is 0 Å². The zero-order valence-corrected chi connectivity index (χ0v) is 11.4. The highest BCUT2D eigenvalue weighted by Gasteiger charge is 2.41. The molecule has 0 aromatic carbocycles. The number of hydrogen-bond acceptors (Lipinski definition) is 6. The van der Waals surface area contributed by atoms with Crippen LogP contribution >= 0.6 is 11.3 Å². The third-order valence-electron chi connectivity index (χ3n) is 3.19. The van der Waals surface area contributed by atoms with E-state index >= 15 is 0 Å². The summed E-state index contributed by atoms with van der Waals surface area (Å²) in [7, 11) is 0. The van der Waals surface area contributed by atoms with E-state index in [1.807, 2.05) is 19.1 Å². The van der Waals surface area contributed by atoms with Gasteiger partial charge in [0.2, 0.25) is 11.0 Å². The van der Waals surface area contributed by atoms with Gasteiger partial charge in [0.05, 0.1) is 18.1 Å². The van der Waals surface area contributed by atoms with Crippen molar-refractivity contribution < 1.29 is 14.3 Å². The van der Waals surface area contributed by atoms with Crippen molar-refractivity contribution in [3.05, 3.63) is 17.2 Å². The number of nitrogens with zero attached hydrogens (tertiary/aromatic N) is 2. The lowest BCUT2D eigenvalue weighted by molar-refractivity contribution is -0.120. The van der Waals surface area contributed by atoms with Crippen LogP contribution in [0.1, 0.15) is 18.4 Å². The van der Waals surface area contributed by atoms with E-state index in [2.05, 4.69) is 15.5 Å². The Morgan fingerprint density at radius 3 is 3.16 bits per heavy atom. The molecule has 3 heterocycles. The molecule has 0 aliphatic carbocycles. The van der Waals surface area contributed by atoms with Gasteiger partial charge in [0.25, 0.3) is 0 Å². The summed E-state index contributed by atoms with van der Waals surface area (Å²) in [6, 6.07) is 0. The number of fused-ring (bicyclic) bond motifs is 2. The molecule has 102 valence electrons. The summed E-state index contributed by atoms with van der Waals surface area (Å²) in [6.07, 6.45) is 4.74. The topological polar surface area (TPSA) is 73.3 Å². The Morgan fingerprint density at radius 1 is 1.58 bits per heavy atom. The number of amides is 1. The van der Waals surface area contributed by atoms with Crippen LogP contribution in [-0.2, 0) is 20.9 Å². The second-order valence-electron chi connectivity index (χ2n) is 4.49. The molecule has 3 rings (SSSR count). The number of anilines is 1. The molecule has 1 fully saturated rings. The standard InChI is InChI=1S/C12H15N3O3S/c1-2-17-6-10-14-15-12(19-10)13-11(16)8-5-7-3-4-9(8)18-7/h3-4,7-9H,2,5-6H2,1H3,(H,13,15,16)/t7-,8+,9-/m1/s1. The van der Waals surface area contributed by atoms with Crippen molar-refractivity contribution in [1.29, 1.82) is 0 Å². The molecule has 0 spiro atoms. The third-order valence-corrected chi connectivity index (χ3v) is 4.01. The molecule has 7 heteroatoms. The fraction of sp³-hybridized carbons (Fsp3) is 0.583. The molecule has 2 bridgehead atoms. The normalized spacial score (nSPS) is 27.9. The Labute approximate surface area is 114 Å². The summed E-state index contributed by atoms with van der Waals surface area (Å²) in [5.41, 5.74) is 0. The maximum Gasteiger partial charge on any atom is 0.232 e. The minimum atomic E-state index is -0.116. The minimum absolute atomic E-state index is 0.0454. The van der Waals surface area contributed by atoms with Crippen LogP contribution < -0.4 is 5.32 Å². The smallest absolute Gasteiger partial charge is 0.232 e. The Kier molecular flexibility index (Phi) is 3.58. The lowest BCUT2D eigenvalue weighted by Gasteiger charge is -2.13. The Balaban J connectivity index is 1.57. The first-order valence-electron chi connectivity index (χ1n) is 6.31. The van der Waals surface area contributed by atoms with Gasteiger partial charge in [-0.2, -0.15) is 0 Å². The molecule has 6 nitrogen and oxygen atoms in total. The fourth-order valence-corrected chi connectivity index (χ4v) is 2.96. The van der Waals surface area contributed by atoms with Crippen molar-refractivity contribution in [2.24, 2.45) is 5.92 Å². The molecule has 1 saturated heterocycles. The number of aromatic nitrogens is 2. The number of carbonyl (C=O) groups excluding carboxylic acids is 1. The number of hydrogen-bond donors (Lipinski definition) is 1. The van der Waals surface area contributed by atoms with Gasteiger partial charge in [-0.25, -0.2) is 0 Å². The number of ether oxygens (including phenoxy) is 2. The van der Waals surface area contributed by atoms with Crippen LogP contribution in [0, 0.1) is 5.92 Å². The first-order chi connectivity index (χ1) is 9.26.